The zero-order valence-electron chi connectivity index (χ0n) is 14.0. The molecule has 1 aromatic heterocycles. The van der Waals surface area contributed by atoms with Gasteiger partial charge in [-0.25, -0.2) is 0 Å². The van der Waals surface area contributed by atoms with E-state index in [0.717, 1.165) is 6.42 Å². The van der Waals surface area contributed by atoms with Gasteiger partial charge >= 0.3 is 0 Å². The monoisotopic (exact) mass is 322 g/mol. The van der Waals surface area contributed by atoms with Crippen LogP contribution in [0.1, 0.15) is 30.1 Å². The highest BCUT2D eigenvalue weighted by Gasteiger charge is 2.43. The first-order valence-electron chi connectivity index (χ1n) is 8.20. The van der Waals surface area contributed by atoms with E-state index >= 15 is 0 Å². The molecule has 0 saturated carbocycles. The van der Waals surface area contributed by atoms with Gasteiger partial charge in [0.2, 0.25) is 0 Å². The number of aryl methyl sites for hydroxylation is 1. The van der Waals surface area contributed by atoms with Crippen LogP contribution in [0.4, 0.5) is 0 Å². The molecule has 0 unspecified atom stereocenters. The Hall–Kier alpha value is -1.44. The van der Waals surface area contributed by atoms with Crippen LogP contribution in [-0.4, -0.2) is 70.2 Å². The van der Waals surface area contributed by atoms with Crippen LogP contribution in [0.3, 0.4) is 0 Å². The molecule has 3 rings (SSSR count). The number of carbonyl (C=O) groups is 1. The Morgan fingerprint density at radius 3 is 3.00 bits per heavy atom. The van der Waals surface area contributed by atoms with Gasteiger partial charge in [-0.05, 0) is 26.8 Å². The summed E-state index contributed by atoms with van der Waals surface area (Å²) in [5, 5.41) is 17.9. The predicted molar refractivity (Wildman–Crippen MR) is 85.0 cm³/mol. The number of piperidine rings is 1. The second-order valence-electron chi connectivity index (χ2n) is 6.98. The maximum absolute atomic E-state index is 12.6. The predicted octanol–water partition coefficient (Wildman–Crippen LogP) is 0.0101. The van der Waals surface area contributed by atoms with Gasteiger partial charge in [-0.3, -0.25) is 9.48 Å². The van der Waals surface area contributed by atoms with Crippen molar-refractivity contribution in [3.63, 3.8) is 0 Å². The van der Waals surface area contributed by atoms with Gasteiger partial charge in [-0.15, -0.1) is 0 Å². The first kappa shape index (κ1) is 16.4. The van der Waals surface area contributed by atoms with Crippen molar-refractivity contribution >= 4 is 5.91 Å². The third kappa shape index (κ3) is 3.27. The zero-order chi connectivity index (χ0) is 16.6. The van der Waals surface area contributed by atoms with E-state index in [1.165, 1.54) is 0 Å². The first-order chi connectivity index (χ1) is 10.9. The van der Waals surface area contributed by atoms with Crippen molar-refractivity contribution in [3.05, 3.63) is 18.0 Å². The number of likely N-dealkylation sites (tertiary alicyclic amines) is 1. The van der Waals surface area contributed by atoms with Gasteiger partial charge in [0.05, 0.1) is 36.1 Å². The number of ether oxygens (including phenoxy) is 1. The molecule has 0 aliphatic carbocycles. The molecule has 23 heavy (non-hydrogen) atoms. The third-order valence-electron chi connectivity index (χ3n) is 5.15. The minimum Gasteiger partial charge on any atom is -0.388 e. The summed E-state index contributed by atoms with van der Waals surface area (Å²) in [7, 11) is 3.65. The fourth-order valence-corrected chi connectivity index (χ4v) is 3.79. The molecule has 0 radical (unpaired) electrons. The smallest absolute Gasteiger partial charge is 0.257 e. The van der Waals surface area contributed by atoms with Gasteiger partial charge < -0.3 is 20.1 Å². The summed E-state index contributed by atoms with van der Waals surface area (Å²) in [6.45, 7) is 3.65. The van der Waals surface area contributed by atoms with E-state index in [-0.39, 0.29) is 24.0 Å². The van der Waals surface area contributed by atoms with Crippen LogP contribution in [-0.2, 0) is 11.8 Å². The van der Waals surface area contributed by atoms with Crippen LogP contribution in [0.2, 0.25) is 0 Å². The zero-order valence-corrected chi connectivity index (χ0v) is 14.0. The summed E-state index contributed by atoms with van der Waals surface area (Å²) in [5.74, 6) is 0.156. The van der Waals surface area contributed by atoms with Crippen molar-refractivity contribution in [2.45, 2.75) is 37.5 Å². The van der Waals surface area contributed by atoms with Crippen LogP contribution in [0, 0.1) is 5.92 Å². The minimum absolute atomic E-state index is 0.00519. The second-order valence-corrected chi connectivity index (χ2v) is 6.98. The number of fused-ring (bicyclic) bond motifs is 1. The van der Waals surface area contributed by atoms with E-state index in [4.69, 9.17) is 4.74 Å². The highest BCUT2D eigenvalue weighted by atomic mass is 16.5. The fourth-order valence-electron chi connectivity index (χ4n) is 3.79. The summed E-state index contributed by atoms with van der Waals surface area (Å²) in [6, 6.07) is -0.0874. The van der Waals surface area contributed by atoms with E-state index in [2.05, 4.69) is 10.4 Å². The SMILES string of the molecule is CN[C@@H]1CO[C@@H]2CCN(C(=O)c3cnn(C)c3)C[C@@H]2C[C@@]1(C)O. The molecular weight excluding hydrogens is 296 g/mol. The van der Waals surface area contributed by atoms with E-state index in [0.29, 0.717) is 31.7 Å². The average Bonchev–Trinajstić information content (AvgIpc) is 2.88. The number of nitrogens with zero attached hydrogens (tertiary/aromatic N) is 3. The van der Waals surface area contributed by atoms with E-state index in [1.54, 1.807) is 24.1 Å². The lowest BCUT2D eigenvalue weighted by molar-refractivity contribution is -0.0217. The average molecular weight is 322 g/mol. The Bertz CT molecular complexity index is 571. The number of hydrogen-bond donors (Lipinski definition) is 2. The van der Waals surface area contributed by atoms with Crippen LogP contribution < -0.4 is 5.32 Å². The lowest BCUT2D eigenvalue weighted by Gasteiger charge is -2.39. The van der Waals surface area contributed by atoms with Crippen LogP contribution in [0.25, 0.3) is 0 Å². The molecule has 2 fully saturated rings. The third-order valence-corrected chi connectivity index (χ3v) is 5.15. The maximum atomic E-state index is 12.6. The minimum atomic E-state index is -0.839. The number of amides is 1. The Balaban J connectivity index is 1.72. The van der Waals surface area contributed by atoms with Crippen molar-refractivity contribution in [3.8, 4) is 0 Å². The maximum Gasteiger partial charge on any atom is 0.257 e. The van der Waals surface area contributed by atoms with E-state index in [1.807, 2.05) is 18.9 Å². The van der Waals surface area contributed by atoms with Gasteiger partial charge in [0, 0.05) is 32.3 Å². The summed E-state index contributed by atoms with van der Waals surface area (Å²) in [4.78, 5) is 14.5. The van der Waals surface area contributed by atoms with Crippen molar-refractivity contribution in [2.75, 3.05) is 26.7 Å². The van der Waals surface area contributed by atoms with Crippen molar-refractivity contribution in [2.24, 2.45) is 13.0 Å². The molecule has 0 spiro atoms. The quantitative estimate of drug-likeness (QED) is 0.802. The lowest BCUT2D eigenvalue weighted by Crippen LogP contribution is -2.51. The molecule has 1 aromatic rings. The van der Waals surface area contributed by atoms with Gasteiger partial charge in [0.25, 0.3) is 5.91 Å². The number of likely N-dealkylation sites (N-methyl/N-ethyl adjacent to an activating group) is 1. The van der Waals surface area contributed by atoms with Crippen molar-refractivity contribution in [1.82, 2.24) is 20.0 Å². The number of hydrogen-bond acceptors (Lipinski definition) is 5. The van der Waals surface area contributed by atoms with Gasteiger partial charge in [0.1, 0.15) is 0 Å². The number of nitrogens with one attached hydrogen (secondary N) is 1. The van der Waals surface area contributed by atoms with E-state index < -0.39 is 5.60 Å². The normalized spacial score (nSPS) is 34.8. The number of aliphatic hydroxyl groups is 1. The molecule has 2 aliphatic heterocycles. The highest BCUT2D eigenvalue weighted by molar-refractivity contribution is 5.93. The van der Waals surface area contributed by atoms with Crippen LogP contribution in [0.15, 0.2) is 12.4 Å². The molecule has 3 heterocycles. The molecule has 2 saturated heterocycles. The molecular formula is C16H26N4O3. The lowest BCUT2D eigenvalue weighted by atomic mass is 9.82. The van der Waals surface area contributed by atoms with Crippen LogP contribution in [0.5, 0.6) is 0 Å². The fraction of sp³-hybridized carbons (Fsp3) is 0.750. The molecule has 0 bridgehead atoms. The van der Waals surface area contributed by atoms with Crippen molar-refractivity contribution in [1.29, 1.82) is 0 Å². The number of rotatable bonds is 2. The molecule has 7 heteroatoms. The highest BCUT2D eigenvalue weighted by Crippen LogP contribution is 2.33. The Kier molecular flexibility index (Phi) is 4.44. The molecule has 0 aromatic carbocycles. The van der Waals surface area contributed by atoms with E-state index in [9.17, 15) is 9.90 Å². The Morgan fingerprint density at radius 2 is 2.35 bits per heavy atom. The largest absolute Gasteiger partial charge is 0.388 e. The van der Waals surface area contributed by atoms with Crippen molar-refractivity contribution < 1.29 is 14.6 Å². The van der Waals surface area contributed by atoms with Crippen LogP contribution >= 0.6 is 0 Å². The van der Waals surface area contributed by atoms with Gasteiger partial charge in [-0.2, -0.15) is 5.10 Å². The van der Waals surface area contributed by atoms with Gasteiger partial charge in [-0.1, -0.05) is 0 Å². The molecule has 1 amide bonds. The summed E-state index contributed by atoms with van der Waals surface area (Å²) in [5.41, 5.74) is -0.227. The Morgan fingerprint density at radius 1 is 1.57 bits per heavy atom. The van der Waals surface area contributed by atoms with Gasteiger partial charge in [0.15, 0.2) is 0 Å². The second kappa shape index (κ2) is 6.22. The first-order valence-corrected chi connectivity index (χ1v) is 8.20. The molecule has 7 nitrogen and oxygen atoms in total. The molecule has 2 N–H and O–H groups in total. The molecule has 2 aliphatic rings. The standard InChI is InChI=1S/C16H26N4O3/c1-16(22)6-11-9-20(15(21)12-7-18-19(3)8-12)5-4-13(11)23-10-14(16)17-2/h7-8,11,13-14,17,22H,4-6,9-10H2,1-3H3/t11-,13+,14+,16+/m0/s1. The summed E-state index contributed by atoms with van der Waals surface area (Å²) in [6.07, 6.45) is 4.89. The molecule has 4 atom stereocenters. The number of aromatic nitrogens is 2. The molecule has 128 valence electrons. The summed E-state index contributed by atoms with van der Waals surface area (Å²) < 4.78 is 7.64. The summed E-state index contributed by atoms with van der Waals surface area (Å²) >= 11 is 0. The number of carbonyl (C=O) groups excluding carboxylic acids is 1. The Labute approximate surface area is 136 Å². The topological polar surface area (TPSA) is 79.6 Å².